The number of hydrogen-bond donors (Lipinski definition) is 0. The van der Waals surface area contributed by atoms with Gasteiger partial charge in [-0.05, 0) is 79.2 Å². The summed E-state index contributed by atoms with van der Waals surface area (Å²) in [7, 11) is 0. The number of ether oxygens (including phenoxy) is 2. The third-order valence-electron chi connectivity index (χ3n) is 5.73. The van der Waals surface area contributed by atoms with E-state index < -0.39 is 23.4 Å². The average molecular weight is 477 g/mol. The van der Waals surface area contributed by atoms with Gasteiger partial charge < -0.3 is 9.47 Å². The molecule has 2 amide bonds. The molecule has 2 aliphatic carbocycles. The molecule has 2 fully saturated rings. The lowest BCUT2D eigenvalue weighted by atomic mass is 9.80. The highest BCUT2D eigenvalue weighted by atomic mass is 35.5. The van der Waals surface area contributed by atoms with Gasteiger partial charge in [-0.25, -0.2) is 24.2 Å². The predicted octanol–water partition coefficient (Wildman–Crippen LogP) is 6.09. The molecule has 2 heterocycles. The van der Waals surface area contributed by atoms with Crippen molar-refractivity contribution in [3.05, 3.63) is 23.0 Å². The van der Waals surface area contributed by atoms with E-state index >= 15 is 0 Å². The van der Waals surface area contributed by atoms with Crippen molar-refractivity contribution in [2.24, 2.45) is 5.92 Å². The maximum absolute atomic E-state index is 12.8. The molecule has 33 heavy (non-hydrogen) atoms. The third kappa shape index (κ3) is 5.60. The number of halogens is 1. The number of aromatic nitrogens is 3. The van der Waals surface area contributed by atoms with Crippen molar-refractivity contribution >= 4 is 34.8 Å². The monoisotopic (exact) mass is 476 g/mol. The van der Waals surface area contributed by atoms with Crippen LogP contribution in [0.25, 0.3) is 11.0 Å². The molecule has 9 heteroatoms. The molecule has 8 nitrogen and oxygen atoms in total. The predicted molar refractivity (Wildman–Crippen MR) is 125 cm³/mol. The summed E-state index contributed by atoms with van der Waals surface area (Å²) in [4.78, 5) is 31.2. The number of rotatable bonds is 4. The minimum Gasteiger partial charge on any atom is -0.443 e. The SMILES string of the molecule is CC(C)(C)OC(=O)N(CC1CC(n2nc(C3CC3)c3cc(Cl)cnc32)C1)C(=O)OC(C)(C)C. The van der Waals surface area contributed by atoms with E-state index in [2.05, 4.69) is 4.98 Å². The van der Waals surface area contributed by atoms with Crippen LogP contribution in [-0.4, -0.2) is 49.6 Å². The van der Waals surface area contributed by atoms with Crippen LogP contribution in [-0.2, 0) is 9.47 Å². The first-order valence-corrected chi connectivity index (χ1v) is 12.0. The van der Waals surface area contributed by atoms with Gasteiger partial charge in [-0.3, -0.25) is 0 Å². The maximum Gasteiger partial charge on any atom is 0.419 e. The lowest BCUT2D eigenvalue weighted by molar-refractivity contribution is -0.00632. The standard InChI is InChI=1S/C24H33ClN4O4/c1-23(2,3)32-21(30)28(22(31)33-24(4,5)6)13-14-9-17(10-14)29-20-18(11-16(25)12-26-20)19(27-29)15-7-8-15/h11-12,14-15,17H,7-10,13H2,1-6H3. The van der Waals surface area contributed by atoms with Crippen molar-refractivity contribution in [3.63, 3.8) is 0 Å². The highest BCUT2D eigenvalue weighted by Gasteiger charge is 2.40. The van der Waals surface area contributed by atoms with Crippen LogP contribution in [0.15, 0.2) is 12.3 Å². The Labute approximate surface area is 199 Å². The number of carbonyl (C=O) groups excluding carboxylic acids is 2. The summed E-state index contributed by atoms with van der Waals surface area (Å²) in [5.74, 6) is 0.616. The lowest BCUT2D eigenvalue weighted by Crippen LogP contribution is -2.47. The van der Waals surface area contributed by atoms with Crippen LogP contribution in [0.3, 0.4) is 0 Å². The Morgan fingerprint density at radius 1 is 1.09 bits per heavy atom. The molecule has 0 aromatic carbocycles. The molecule has 0 saturated heterocycles. The Kier molecular flexibility index (Phi) is 6.10. The zero-order valence-electron chi connectivity index (χ0n) is 20.2. The van der Waals surface area contributed by atoms with Crippen LogP contribution in [0.4, 0.5) is 9.59 Å². The third-order valence-corrected chi connectivity index (χ3v) is 5.94. The van der Waals surface area contributed by atoms with E-state index in [0.29, 0.717) is 10.9 Å². The van der Waals surface area contributed by atoms with Crippen LogP contribution in [0.2, 0.25) is 5.02 Å². The normalized spacial score (nSPS) is 20.9. The fourth-order valence-corrected chi connectivity index (χ4v) is 4.26. The van der Waals surface area contributed by atoms with Crippen LogP contribution in [0, 0.1) is 5.92 Å². The van der Waals surface area contributed by atoms with Crippen LogP contribution in [0.1, 0.15) is 84.9 Å². The minimum atomic E-state index is -0.709. The summed E-state index contributed by atoms with van der Waals surface area (Å²) >= 11 is 6.19. The van der Waals surface area contributed by atoms with Gasteiger partial charge in [-0.15, -0.1) is 0 Å². The van der Waals surface area contributed by atoms with E-state index in [1.54, 1.807) is 47.7 Å². The molecular weight excluding hydrogens is 444 g/mol. The second kappa shape index (κ2) is 8.46. The second-order valence-electron chi connectivity index (χ2n) is 11.2. The van der Waals surface area contributed by atoms with E-state index in [9.17, 15) is 9.59 Å². The van der Waals surface area contributed by atoms with Crippen molar-refractivity contribution in [3.8, 4) is 0 Å². The zero-order valence-corrected chi connectivity index (χ0v) is 21.0. The largest absolute Gasteiger partial charge is 0.443 e. The number of pyridine rings is 1. The number of imide groups is 1. The smallest absolute Gasteiger partial charge is 0.419 e. The van der Waals surface area contributed by atoms with Gasteiger partial charge in [-0.1, -0.05) is 11.6 Å². The van der Waals surface area contributed by atoms with Crippen LogP contribution < -0.4 is 0 Å². The Bertz CT molecular complexity index is 1030. The van der Waals surface area contributed by atoms with Crippen molar-refractivity contribution in [2.75, 3.05) is 6.54 Å². The van der Waals surface area contributed by atoms with Gasteiger partial charge in [0.25, 0.3) is 0 Å². The van der Waals surface area contributed by atoms with Crippen molar-refractivity contribution in [2.45, 2.75) is 90.4 Å². The fourth-order valence-electron chi connectivity index (χ4n) is 4.10. The highest BCUT2D eigenvalue weighted by Crippen LogP contribution is 2.45. The first-order valence-electron chi connectivity index (χ1n) is 11.6. The van der Waals surface area contributed by atoms with Crippen molar-refractivity contribution in [1.29, 1.82) is 0 Å². The number of amides is 2. The Morgan fingerprint density at radius 2 is 1.67 bits per heavy atom. The summed E-state index contributed by atoms with van der Waals surface area (Å²) in [5, 5.41) is 6.53. The van der Waals surface area contributed by atoms with Gasteiger partial charge in [0, 0.05) is 24.0 Å². The van der Waals surface area contributed by atoms with Crippen LogP contribution in [0.5, 0.6) is 0 Å². The second-order valence-corrected chi connectivity index (χ2v) is 11.6. The molecule has 0 aliphatic heterocycles. The van der Waals surface area contributed by atoms with Gasteiger partial charge in [0.15, 0.2) is 5.65 Å². The fraction of sp³-hybridized carbons (Fsp3) is 0.667. The van der Waals surface area contributed by atoms with E-state index in [-0.39, 0.29) is 18.5 Å². The van der Waals surface area contributed by atoms with Gasteiger partial charge in [0.05, 0.1) is 16.8 Å². The molecule has 2 aromatic rings. The zero-order chi connectivity index (χ0) is 24.1. The molecule has 4 rings (SSSR count). The van der Waals surface area contributed by atoms with Crippen molar-refractivity contribution in [1.82, 2.24) is 19.7 Å². The lowest BCUT2D eigenvalue weighted by Gasteiger charge is -2.38. The Balaban J connectivity index is 1.47. The molecule has 0 unspecified atom stereocenters. The molecule has 0 bridgehead atoms. The summed E-state index contributed by atoms with van der Waals surface area (Å²) in [5.41, 5.74) is 0.507. The quantitative estimate of drug-likeness (QED) is 0.531. The molecule has 2 aromatic heterocycles. The van der Waals surface area contributed by atoms with Gasteiger partial charge in [-0.2, -0.15) is 5.10 Å². The van der Waals surface area contributed by atoms with Gasteiger partial charge >= 0.3 is 12.2 Å². The van der Waals surface area contributed by atoms with Gasteiger partial charge in [0.1, 0.15) is 11.2 Å². The Hall–Kier alpha value is -2.35. The summed E-state index contributed by atoms with van der Waals surface area (Å²) in [6, 6.07) is 2.11. The first-order chi connectivity index (χ1) is 15.3. The molecule has 180 valence electrons. The number of nitrogens with zero attached hydrogens (tertiary/aromatic N) is 4. The van der Waals surface area contributed by atoms with Crippen molar-refractivity contribution < 1.29 is 19.1 Å². The number of carbonyl (C=O) groups is 2. The highest BCUT2D eigenvalue weighted by molar-refractivity contribution is 6.31. The van der Waals surface area contributed by atoms with Gasteiger partial charge in [0.2, 0.25) is 0 Å². The number of fused-ring (bicyclic) bond motifs is 1. The maximum atomic E-state index is 12.8. The van der Waals surface area contributed by atoms with Crippen LogP contribution >= 0.6 is 11.6 Å². The molecule has 2 saturated carbocycles. The Morgan fingerprint density at radius 3 is 2.18 bits per heavy atom. The molecule has 0 atom stereocenters. The molecular formula is C24H33ClN4O4. The van der Waals surface area contributed by atoms with E-state index in [4.69, 9.17) is 26.2 Å². The van der Waals surface area contributed by atoms with E-state index in [1.807, 2.05) is 10.7 Å². The summed E-state index contributed by atoms with van der Waals surface area (Å²) < 4.78 is 12.9. The molecule has 0 spiro atoms. The average Bonchev–Trinajstić information content (AvgIpc) is 3.39. The van der Waals surface area contributed by atoms with E-state index in [1.165, 1.54) is 0 Å². The number of hydrogen-bond acceptors (Lipinski definition) is 6. The summed E-state index contributed by atoms with van der Waals surface area (Å²) in [6.07, 6.45) is 4.15. The van der Waals surface area contributed by atoms with E-state index in [0.717, 1.165) is 47.3 Å². The molecule has 0 N–H and O–H groups in total. The molecule has 2 aliphatic rings. The molecule has 0 radical (unpaired) electrons. The summed E-state index contributed by atoms with van der Waals surface area (Å²) in [6.45, 7) is 10.9. The minimum absolute atomic E-state index is 0.131. The topological polar surface area (TPSA) is 86.5 Å². The first kappa shape index (κ1) is 23.8.